The van der Waals surface area contributed by atoms with E-state index in [4.69, 9.17) is 10.8 Å². The molecule has 0 radical (unpaired) electrons. The van der Waals surface area contributed by atoms with E-state index in [1.165, 1.54) is 0 Å². The lowest BCUT2D eigenvalue weighted by Crippen LogP contribution is -2.37. The van der Waals surface area contributed by atoms with Gasteiger partial charge in [0.05, 0.1) is 23.8 Å². The Hall–Kier alpha value is -1.89. The molecule has 1 unspecified atom stereocenters. The summed E-state index contributed by atoms with van der Waals surface area (Å²) >= 11 is 0. The Morgan fingerprint density at radius 3 is 2.75 bits per heavy atom. The van der Waals surface area contributed by atoms with Crippen molar-refractivity contribution in [1.82, 2.24) is 9.78 Å². The number of amides is 1. The highest BCUT2D eigenvalue weighted by Crippen LogP contribution is 2.11. The first kappa shape index (κ1) is 12.2. The summed E-state index contributed by atoms with van der Waals surface area (Å²) in [5, 5.41) is 15.0. The molecular formula is C9H14N4O3. The van der Waals surface area contributed by atoms with E-state index in [-0.39, 0.29) is 0 Å². The quantitative estimate of drug-likeness (QED) is 0.639. The summed E-state index contributed by atoms with van der Waals surface area (Å²) < 4.78 is 1.55. The maximum absolute atomic E-state index is 11.5. The molecule has 7 nitrogen and oxygen atoms in total. The van der Waals surface area contributed by atoms with Crippen molar-refractivity contribution in [2.24, 2.45) is 12.8 Å². The number of rotatable bonds is 4. The fourth-order valence-corrected chi connectivity index (χ4v) is 1.23. The van der Waals surface area contributed by atoms with Gasteiger partial charge in [0.15, 0.2) is 0 Å². The first-order valence-corrected chi connectivity index (χ1v) is 4.68. The smallest absolute Gasteiger partial charge is 0.305 e. The summed E-state index contributed by atoms with van der Waals surface area (Å²) in [4.78, 5) is 21.8. The first-order valence-electron chi connectivity index (χ1n) is 4.68. The minimum atomic E-state index is -1.11. The Kier molecular flexibility index (Phi) is 3.62. The van der Waals surface area contributed by atoms with Crippen LogP contribution < -0.4 is 11.1 Å². The highest BCUT2D eigenvalue weighted by molar-refractivity contribution is 5.96. The van der Waals surface area contributed by atoms with Crippen LogP contribution in [0.15, 0.2) is 6.20 Å². The Labute approximate surface area is 92.2 Å². The Bertz CT molecular complexity index is 413. The van der Waals surface area contributed by atoms with Crippen molar-refractivity contribution < 1.29 is 14.7 Å². The average molecular weight is 226 g/mol. The molecule has 0 fully saturated rings. The molecule has 0 aromatic carbocycles. The Morgan fingerprint density at radius 2 is 2.31 bits per heavy atom. The molecule has 0 spiro atoms. The summed E-state index contributed by atoms with van der Waals surface area (Å²) in [5.74, 6) is -1.64. The van der Waals surface area contributed by atoms with Gasteiger partial charge in [0.25, 0.3) is 0 Å². The van der Waals surface area contributed by atoms with Crippen LogP contribution in [-0.4, -0.2) is 32.8 Å². The van der Waals surface area contributed by atoms with Crippen LogP contribution in [0.2, 0.25) is 0 Å². The highest BCUT2D eigenvalue weighted by Gasteiger charge is 2.18. The number of aliphatic carboxylic acids is 1. The molecule has 0 saturated carbocycles. The summed E-state index contributed by atoms with van der Waals surface area (Å²) in [6, 6.07) is -1.06. The van der Waals surface area contributed by atoms with Gasteiger partial charge in [0.1, 0.15) is 0 Å². The third-order valence-corrected chi connectivity index (χ3v) is 2.00. The molecular weight excluding hydrogens is 212 g/mol. The van der Waals surface area contributed by atoms with Gasteiger partial charge in [0, 0.05) is 13.2 Å². The van der Waals surface area contributed by atoms with Gasteiger partial charge in [-0.15, -0.1) is 0 Å². The molecule has 0 saturated heterocycles. The number of carboxylic acid groups (broad SMARTS) is 1. The number of hydrogen-bond donors (Lipinski definition) is 3. The van der Waals surface area contributed by atoms with Crippen molar-refractivity contribution in [3.63, 3.8) is 0 Å². The van der Waals surface area contributed by atoms with Gasteiger partial charge in [-0.2, -0.15) is 5.10 Å². The van der Waals surface area contributed by atoms with E-state index in [9.17, 15) is 9.59 Å². The monoisotopic (exact) mass is 226 g/mol. The van der Waals surface area contributed by atoms with Gasteiger partial charge in [-0.3, -0.25) is 14.3 Å². The van der Waals surface area contributed by atoms with Gasteiger partial charge in [-0.05, 0) is 6.92 Å². The van der Waals surface area contributed by atoms with Crippen molar-refractivity contribution >= 4 is 17.6 Å². The van der Waals surface area contributed by atoms with Gasteiger partial charge in [-0.1, -0.05) is 0 Å². The van der Waals surface area contributed by atoms with Crippen LogP contribution in [0.25, 0.3) is 0 Å². The molecule has 1 amide bonds. The van der Waals surface area contributed by atoms with Crippen molar-refractivity contribution in [1.29, 1.82) is 0 Å². The summed E-state index contributed by atoms with van der Waals surface area (Å²) in [7, 11) is 1.72. The topological polar surface area (TPSA) is 110 Å². The van der Waals surface area contributed by atoms with E-state index in [0.29, 0.717) is 11.4 Å². The Morgan fingerprint density at radius 1 is 1.69 bits per heavy atom. The van der Waals surface area contributed by atoms with Gasteiger partial charge in [0.2, 0.25) is 5.91 Å². The molecule has 4 N–H and O–H groups in total. The maximum atomic E-state index is 11.5. The Balaban J connectivity index is 2.64. The fourth-order valence-electron chi connectivity index (χ4n) is 1.23. The molecule has 88 valence electrons. The highest BCUT2D eigenvalue weighted by atomic mass is 16.4. The van der Waals surface area contributed by atoms with Gasteiger partial charge in [-0.25, -0.2) is 0 Å². The number of carbonyl (C=O) groups excluding carboxylic acids is 1. The SMILES string of the molecule is Cc1nn(C)cc1NC(=O)C(N)CC(=O)O. The lowest BCUT2D eigenvalue weighted by molar-refractivity contribution is -0.138. The first-order chi connectivity index (χ1) is 7.40. The van der Waals surface area contributed by atoms with E-state index in [0.717, 1.165) is 0 Å². The number of anilines is 1. The third kappa shape index (κ3) is 3.06. The number of hydrogen-bond acceptors (Lipinski definition) is 4. The minimum absolute atomic E-state index is 0.398. The number of nitrogens with two attached hydrogens (primary N) is 1. The van der Waals surface area contributed by atoms with Crippen molar-refractivity contribution in [3.8, 4) is 0 Å². The molecule has 1 atom stereocenters. The normalized spacial score (nSPS) is 12.2. The van der Waals surface area contributed by atoms with E-state index in [1.807, 2.05) is 0 Å². The lowest BCUT2D eigenvalue weighted by atomic mass is 10.2. The molecule has 16 heavy (non-hydrogen) atoms. The van der Waals surface area contributed by atoms with Crippen LogP contribution >= 0.6 is 0 Å². The standard InChI is InChI=1S/C9H14N4O3/c1-5-7(4-13(2)12-5)11-9(16)6(10)3-8(14)15/h4,6H,3,10H2,1-2H3,(H,11,16)(H,14,15). The minimum Gasteiger partial charge on any atom is -0.481 e. The van der Waals surface area contributed by atoms with E-state index in [2.05, 4.69) is 10.4 Å². The molecule has 1 aromatic heterocycles. The summed E-state index contributed by atoms with van der Waals surface area (Å²) in [5.41, 5.74) is 6.59. The van der Waals surface area contributed by atoms with Crippen LogP contribution in [0, 0.1) is 6.92 Å². The predicted molar refractivity (Wildman–Crippen MR) is 56.8 cm³/mol. The molecule has 1 rings (SSSR count). The zero-order valence-corrected chi connectivity index (χ0v) is 9.10. The molecule has 0 aliphatic carbocycles. The van der Waals surface area contributed by atoms with Crippen LogP contribution in [0.1, 0.15) is 12.1 Å². The van der Waals surface area contributed by atoms with Crippen molar-refractivity contribution in [3.05, 3.63) is 11.9 Å². The lowest BCUT2D eigenvalue weighted by Gasteiger charge is -2.08. The van der Waals surface area contributed by atoms with Crippen LogP contribution in [0.5, 0.6) is 0 Å². The maximum Gasteiger partial charge on any atom is 0.305 e. The number of nitrogens with one attached hydrogen (secondary N) is 1. The number of nitrogens with zero attached hydrogens (tertiary/aromatic N) is 2. The zero-order valence-electron chi connectivity index (χ0n) is 9.10. The van der Waals surface area contributed by atoms with Crippen molar-refractivity contribution in [2.75, 3.05) is 5.32 Å². The molecule has 0 aliphatic heterocycles. The zero-order chi connectivity index (χ0) is 12.3. The van der Waals surface area contributed by atoms with Crippen LogP contribution in [0.3, 0.4) is 0 Å². The van der Waals surface area contributed by atoms with Crippen molar-refractivity contribution in [2.45, 2.75) is 19.4 Å². The molecule has 0 bridgehead atoms. The fraction of sp³-hybridized carbons (Fsp3) is 0.444. The predicted octanol–water partition coefficient (Wildman–Crippen LogP) is -0.531. The van der Waals surface area contributed by atoms with Gasteiger partial charge < -0.3 is 16.2 Å². The van der Waals surface area contributed by atoms with Gasteiger partial charge >= 0.3 is 5.97 Å². The summed E-state index contributed by atoms with van der Waals surface area (Å²) in [6.07, 6.45) is 1.23. The van der Waals surface area contributed by atoms with E-state index in [1.54, 1.807) is 24.9 Å². The molecule has 1 aromatic rings. The molecule has 0 aliphatic rings. The number of aromatic nitrogens is 2. The average Bonchev–Trinajstić information content (AvgIpc) is 2.43. The summed E-state index contributed by atoms with van der Waals surface area (Å²) in [6.45, 7) is 1.73. The van der Waals surface area contributed by atoms with E-state index < -0.39 is 24.3 Å². The number of carbonyl (C=O) groups is 2. The molecule has 1 heterocycles. The second-order valence-corrected chi connectivity index (χ2v) is 3.50. The second-order valence-electron chi connectivity index (χ2n) is 3.50. The number of aryl methyl sites for hydroxylation is 2. The number of carboxylic acids is 1. The van der Waals surface area contributed by atoms with E-state index >= 15 is 0 Å². The third-order valence-electron chi connectivity index (χ3n) is 2.00. The largest absolute Gasteiger partial charge is 0.481 e. The van der Waals surface area contributed by atoms with Crippen LogP contribution in [0.4, 0.5) is 5.69 Å². The molecule has 7 heteroatoms. The van der Waals surface area contributed by atoms with Crippen LogP contribution in [-0.2, 0) is 16.6 Å². The second kappa shape index (κ2) is 4.75.